The van der Waals surface area contributed by atoms with Crippen molar-refractivity contribution in [1.82, 2.24) is 24.1 Å². The molecule has 0 aliphatic heterocycles. The SMILES string of the molecule is CCc1nn2c(ncc3c(=O)n(CCCN(C)C)ccc32)c1-c1ccccc1. The average molecular weight is 375 g/mol. The highest BCUT2D eigenvalue weighted by Crippen LogP contribution is 2.29. The van der Waals surface area contributed by atoms with Crippen LogP contribution in [-0.2, 0) is 13.0 Å². The molecule has 0 aliphatic carbocycles. The number of benzene rings is 1. The van der Waals surface area contributed by atoms with E-state index in [1.165, 1.54) is 0 Å². The van der Waals surface area contributed by atoms with Crippen LogP contribution < -0.4 is 5.56 Å². The highest BCUT2D eigenvalue weighted by Gasteiger charge is 2.17. The average Bonchev–Trinajstić information content (AvgIpc) is 3.09. The Balaban J connectivity index is 1.86. The molecule has 0 radical (unpaired) electrons. The van der Waals surface area contributed by atoms with Crippen LogP contribution in [0, 0.1) is 0 Å². The number of nitrogens with zero attached hydrogens (tertiary/aromatic N) is 5. The number of pyridine rings is 1. The summed E-state index contributed by atoms with van der Waals surface area (Å²) >= 11 is 0. The van der Waals surface area contributed by atoms with Crippen molar-refractivity contribution in [3.63, 3.8) is 0 Å². The number of aromatic nitrogens is 4. The summed E-state index contributed by atoms with van der Waals surface area (Å²) in [5.41, 5.74) is 4.70. The van der Waals surface area contributed by atoms with Crippen molar-refractivity contribution >= 4 is 16.6 Å². The molecule has 0 spiro atoms. The molecule has 0 N–H and O–H groups in total. The molecule has 3 aromatic heterocycles. The second-order valence-electron chi connectivity index (χ2n) is 7.30. The Labute approximate surface area is 164 Å². The maximum atomic E-state index is 12.9. The minimum atomic E-state index is -0.0135. The zero-order valence-corrected chi connectivity index (χ0v) is 16.6. The van der Waals surface area contributed by atoms with Gasteiger partial charge in [0.1, 0.15) is 0 Å². The molecule has 4 rings (SSSR count). The lowest BCUT2D eigenvalue weighted by molar-refractivity contribution is 0.385. The Bertz CT molecular complexity index is 1170. The molecule has 1 aromatic carbocycles. The molecular formula is C22H25N5O. The topological polar surface area (TPSA) is 55.4 Å². The molecule has 0 saturated carbocycles. The summed E-state index contributed by atoms with van der Waals surface area (Å²) in [4.78, 5) is 19.7. The standard InChI is InChI=1S/C22H25N5O/c1-4-18-20(16-9-6-5-7-10-16)21-23-15-17-19(27(21)24-18)11-14-26(22(17)28)13-8-12-25(2)3/h5-7,9-11,14-15H,4,8,12-13H2,1-3H3. The molecule has 4 aromatic rings. The zero-order chi connectivity index (χ0) is 19.7. The van der Waals surface area contributed by atoms with Crippen molar-refractivity contribution in [3.05, 3.63) is 64.8 Å². The summed E-state index contributed by atoms with van der Waals surface area (Å²) in [7, 11) is 4.08. The van der Waals surface area contributed by atoms with Crippen molar-refractivity contribution < 1.29 is 0 Å². The first kappa shape index (κ1) is 18.4. The van der Waals surface area contributed by atoms with Gasteiger partial charge in [-0.1, -0.05) is 37.3 Å². The van der Waals surface area contributed by atoms with Crippen molar-refractivity contribution in [2.75, 3.05) is 20.6 Å². The third-order valence-electron chi connectivity index (χ3n) is 5.06. The maximum absolute atomic E-state index is 12.9. The van der Waals surface area contributed by atoms with Gasteiger partial charge in [0.05, 0.1) is 16.6 Å². The van der Waals surface area contributed by atoms with Crippen LogP contribution in [0.3, 0.4) is 0 Å². The number of fused-ring (bicyclic) bond motifs is 3. The minimum absolute atomic E-state index is 0.0135. The molecule has 6 nitrogen and oxygen atoms in total. The molecule has 3 heterocycles. The van der Waals surface area contributed by atoms with Crippen LogP contribution in [0.25, 0.3) is 27.7 Å². The van der Waals surface area contributed by atoms with Crippen molar-refractivity contribution in [2.45, 2.75) is 26.3 Å². The monoisotopic (exact) mass is 375 g/mol. The Hall–Kier alpha value is -2.99. The van der Waals surface area contributed by atoms with Gasteiger partial charge < -0.3 is 9.47 Å². The van der Waals surface area contributed by atoms with E-state index in [9.17, 15) is 4.79 Å². The fourth-order valence-corrected chi connectivity index (χ4v) is 3.64. The smallest absolute Gasteiger partial charge is 0.261 e. The summed E-state index contributed by atoms with van der Waals surface area (Å²) in [5.74, 6) is 0. The van der Waals surface area contributed by atoms with Crippen LogP contribution in [-0.4, -0.2) is 44.7 Å². The largest absolute Gasteiger partial charge is 0.315 e. The van der Waals surface area contributed by atoms with Gasteiger partial charge in [0.15, 0.2) is 5.65 Å². The fourth-order valence-electron chi connectivity index (χ4n) is 3.64. The van der Waals surface area contributed by atoms with E-state index < -0.39 is 0 Å². The second-order valence-corrected chi connectivity index (χ2v) is 7.30. The third kappa shape index (κ3) is 3.20. The predicted octanol–water partition coefficient (Wildman–Crippen LogP) is 3.23. The van der Waals surface area contributed by atoms with Crippen molar-refractivity contribution in [3.8, 4) is 11.1 Å². The molecular weight excluding hydrogens is 350 g/mol. The van der Waals surface area contributed by atoms with Gasteiger partial charge in [0.25, 0.3) is 5.56 Å². The van der Waals surface area contributed by atoms with Crippen LogP contribution in [0.1, 0.15) is 19.0 Å². The first-order chi connectivity index (χ1) is 13.6. The van der Waals surface area contributed by atoms with Gasteiger partial charge in [-0.05, 0) is 45.1 Å². The summed E-state index contributed by atoms with van der Waals surface area (Å²) < 4.78 is 3.59. The zero-order valence-electron chi connectivity index (χ0n) is 16.6. The molecule has 0 saturated heterocycles. The molecule has 6 heteroatoms. The molecule has 0 fully saturated rings. The van der Waals surface area contributed by atoms with Crippen molar-refractivity contribution in [2.24, 2.45) is 0 Å². The highest BCUT2D eigenvalue weighted by molar-refractivity contribution is 5.86. The highest BCUT2D eigenvalue weighted by atomic mass is 16.1. The van der Waals surface area contributed by atoms with E-state index >= 15 is 0 Å². The van der Waals surface area contributed by atoms with Gasteiger partial charge in [-0.3, -0.25) is 4.79 Å². The lowest BCUT2D eigenvalue weighted by Crippen LogP contribution is -2.23. The van der Waals surface area contributed by atoms with Crippen LogP contribution in [0.4, 0.5) is 0 Å². The van der Waals surface area contributed by atoms with Crippen LogP contribution >= 0.6 is 0 Å². The Morgan fingerprint density at radius 3 is 2.61 bits per heavy atom. The fraction of sp³-hybridized carbons (Fsp3) is 0.318. The summed E-state index contributed by atoms with van der Waals surface area (Å²) in [5, 5.41) is 5.39. The number of hydrogen-bond donors (Lipinski definition) is 0. The van der Waals surface area contributed by atoms with Crippen LogP contribution in [0.5, 0.6) is 0 Å². The van der Waals surface area contributed by atoms with E-state index in [1.54, 1.807) is 10.8 Å². The Morgan fingerprint density at radius 1 is 1.11 bits per heavy atom. The van der Waals surface area contributed by atoms with Gasteiger partial charge >= 0.3 is 0 Å². The molecule has 0 atom stereocenters. The van der Waals surface area contributed by atoms with E-state index in [1.807, 2.05) is 49.1 Å². The molecule has 144 valence electrons. The van der Waals surface area contributed by atoms with E-state index in [4.69, 9.17) is 5.10 Å². The number of aryl methyl sites for hydroxylation is 2. The maximum Gasteiger partial charge on any atom is 0.261 e. The van der Waals surface area contributed by atoms with Gasteiger partial charge in [0.2, 0.25) is 0 Å². The number of rotatable bonds is 6. The lowest BCUT2D eigenvalue weighted by atomic mass is 10.0. The molecule has 28 heavy (non-hydrogen) atoms. The predicted molar refractivity (Wildman–Crippen MR) is 113 cm³/mol. The molecule has 0 unspecified atom stereocenters. The van der Waals surface area contributed by atoms with Gasteiger partial charge in [-0.15, -0.1) is 0 Å². The van der Waals surface area contributed by atoms with E-state index in [-0.39, 0.29) is 5.56 Å². The second kappa shape index (κ2) is 7.56. The minimum Gasteiger partial charge on any atom is -0.315 e. The third-order valence-corrected chi connectivity index (χ3v) is 5.06. The molecule has 0 aliphatic rings. The first-order valence-corrected chi connectivity index (χ1v) is 9.70. The summed E-state index contributed by atoms with van der Waals surface area (Å²) in [6.07, 6.45) is 5.29. The Kier molecular flexibility index (Phi) is 4.96. The quantitative estimate of drug-likeness (QED) is 0.519. The van der Waals surface area contributed by atoms with E-state index in [0.29, 0.717) is 11.9 Å². The molecule has 0 bridgehead atoms. The van der Waals surface area contributed by atoms with E-state index in [0.717, 1.165) is 47.4 Å². The van der Waals surface area contributed by atoms with E-state index in [2.05, 4.69) is 28.9 Å². The van der Waals surface area contributed by atoms with Crippen LogP contribution in [0.2, 0.25) is 0 Å². The summed E-state index contributed by atoms with van der Waals surface area (Å²) in [6, 6.07) is 12.2. The van der Waals surface area contributed by atoms with Crippen molar-refractivity contribution in [1.29, 1.82) is 0 Å². The first-order valence-electron chi connectivity index (χ1n) is 9.70. The normalized spacial score (nSPS) is 11.7. The van der Waals surface area contributed by atoms with Gasteiger partial charge in [0, 0.05) is 24.5 Å². The molecule has 0 amide bonds. The summed E-state index contributed by atoms with van der Waals surface area (Å²) in [6.45, 7) is 3.73. The van der Waals surface area contributed by atoms with Crippen LogP contribution in [0.15, 0.2) is 53.6 Å². The van der Waals surface area contributed by atoms with Gasteiger partial charge in [-0.25, -0.2) is 9.50 Å². The lowest BCUT2D eigenvalue weighted by Gasteiger charge is -2.11. The van der Waals surface area contributed by atoms with Gasteiger partial charge in [-0.2, -0.15) is 5.10 Å². The Morgan fingerprint density at radius 2 is 1.89 bits per heavy atom. The number of hydrogen-bond acceptors (Lipinski definition) is 4.